The summed E-state index contributed by atoms with van der Waals surface area (Å²) in [5.41, 5.74) is 2.59. The van der Waals surface area contributed by atoms with Crippen molar-refractivity contribution in [3.8, 4) is 16.9 Å². The highest BCUT2D eigenvalue weighted by atomic mass is 35.5. The van der Waals surface area contributed by atoms with Crippen LogP contribution < -0.4 is 10.1 Å². The highest BCUT2D eigenvalue weighted by molar-refractivity contribution is 6.32. The molecule has 1 fully saturated rings. The average Bonchev–Trinajstić information content (AvgIpc) is 3.30. The Labute approximate surface area is 128 Å². The summed E-state index contributed by atoms with van der Waals surface area (Å²) in [5.74, 6) is 0.463. The van der Waals surface area contributed by atoms with Crippen LogP contribution in [0.25, 0.3) is 11.1 Å². The van der Waals surface area contributed by atoms with Crippen LogP contribution in [0.2, 0.25) is 5.02 Å². The fraction of sp³-hybridized carbons (Fsp3) is 0.294. The van der Waals surface area contributed by atoms with Crippen molar-refractivity contribution in [1.29, 1.82) is 0 Å². The third kappa shape index (κ3) is 3.36. The Morgan fingerprint density at radius 2 is 1.90 bits per heavy atom. The maximum atomic E-state index is 13.9. The maximum Gasteiger partial charge on any atom is 0.137 e. The van der Waals surface area contributed by atoms with Crippen molar-refractivity contribution in [2.24, 2.45) is 0 Å². The van der Waals surface area contributed by atoms with Crippen LogP contribution in [-0.4, -0.2) is 13.2 Å². The van der Waals surface area contributed by atoms with Gasteiger partial charge in [0.1, 0.15) is 11.6 Å². The first kappa shape index (κ1) is 14.4. The second kappa shape index (κ2) is 6.04. The number of halogens is 2. The molecule has 1 N–H and O–H groups in total. The number of rotatable bonds is 5. The summed E-state index contributed by atoms with van der Waals surface area (Å²) < 4.78 is 19.0. The van der Waals surface area contributed by atoms with Crippen molar-refractivity contribution in [3.63, 3.8) is 0 Å². The molecule has 110 valence electrons. The van der Waals surface area contributed by atoms with E-state index >= 15 is 0 Å². The van der Waals surface area contributed by atoms with Crippen molar-refractivity contribution in [2.45, 2.75) is 25.4 Å². The molecule has 0 amide bonds. The first-order chi connectivity index (χ1) is 10.2. The zero-order chi connectivity index (χ0) is 14.8. The minimum Gasteiger partial charge on any atom is -0.495 e. The lowest BCUT2D eigenvalue weighted by Gasteiger charge is -2.10. The smallest absolute Gasteiger partial charge is 0.137 e. The highest BCUT2D eigenvalue weighted by Gasteiger charge is 2.20. The molecule has 1 saturated carbocycles. The predicted molar refractivity (Wildman–Crippen MR) is 83.3 cm³/mol. The van der Waals surface area contributed by atoms with Gasteiger partial charge in [0.25, 0.3) is 0 Å². The third-order valence-corrected chi connectivity index (χ3v) is 3.98. The Morgan fingerprint density at radius 3 is 2.57 bits per heavy atom. The molecule has 0 heterocycles. The number of methoxy groups -OCH3 is 1. The number of nitrogens with one attached hydrogen (secondary N) is 1. The monoisotopic (exact) mass is 305 g/mol. The van der Waals surface area contributed by atoms with Crippen LogP contribution in [0.3, 0.4) is 0 Å². The number of benzene rings is 2. The van der Waals surface area contributed by atoms with Gasteiger partial charge in [0.15, 0.2) is 0 Å². The second-order valence-corrected chi connectivity index (χ2v) is 5.72. The van der Waals surface area contributed by atoms with Gasteiger partial charge in [-0.15, -0.1) is 0 Å². The van der Waals surface area contributed by atoms with Crippen molar-refractivity contribution in [3.05, 3.63) is 52.8 Å². The van der Waals surface area contributed by atoms with E-state index in [4.69, 9.17) is 16.3 Å². The summed E-state index contributed by atoms with van der Waals surface area (Å²) in [7, 11) is 1.58. The predicted octanol–water partition coefficient (Wildman–Crippen LogP) is 4.41. The Morgan fingerprint density at radius 1 is 1.19 bits per heavy atom. The number of ether oxygens (including phenoxy) is 1. The van der Waals surface area contributed by atoms with Gasteiger partial charge in [-0.25, -0.2) is 4.39 Å². The molecule has 2 aromatic carbocycles. The maximum absolute atomic E-state index is 13.9. The Bertz CT molecular complexity index is 655. The SMILES string of the molecule is COc1ccc(-c2ccc(F)c(CNC3CC3)c2)cc1Cl. The van der Waals surface area contributed by atoms with Gasteiger partial charge in [-0.05, 0) is 48.2 Å². The highest BCUT2D eigenvalue weighted by Crippen LogP contribution is 2.31. The molecule has 2 aromatic rings. The molecule has 0 radical (unpaired) electrons. The summed E-state index contributed by atoms with van der Waals surface area (Å²) in [6, 6.07) is 11.3. The first-order valence-electron chi connectivity index (χ1n) is 7.03. The number of hydrogen-bond acceptors (Lipinski definition) is 2. The van der Waals surface area contributed by atoms with Crippen molar-refractivity contribution >= 4 is 11.6 Å². The van der Waals surface area contributed by atoms with E-state index in [0.717, 1.165) is 11.1 Å². The molecule has 0 saturated heterocycles. The summed E-state index contributed by atoms with van der Waals surface area (Å²) >= 11 is 6.15. The van der Waals surface area contributed by atoms with E-state index in [2.05, 4.69) is 5.32 Å². The molecule has 1 aliphatic carbocycles. The molecule has 0 unspecified atom stereocenters. The summed E-state index contributed by atoms with van der Waals surface area (Å²) in [6.45, 7) is 0.564. The lowest BCUT2D eigenvalue weighted by Crippen LogP contribution is -2.16. The Hall–Kier alpha value is -1.58. The van der Waals surface area contributed by atoms with E-state index in [1.807, 2.05) is 24.3 Å². The van der Waals surface area contributed by atoms with Crippen LogP contribution in [0.5, 0.6) is 5.75 Å². The molecule has 1 aliphatic rings. The largest absolute Gasteiger partial charge is 0.495 e. The quantitative estimate of drug-likeness (QED) is 0.883. The van der Waals surface area contributed by atoms with Crippen molar-refractivity contribution in [1.82, 2.24) is 5.32 Å². The van der Waals surface area contributed by atoms with E-state index < -0.39 is 0 Å². The molecule has 0 aliphatic heterocycles. The molecule has 3 rings (SSSR count). The second-order valence-electron chi connectivity index (χ2n) is 5.31. The molecule has 21 heavy (non-hydrogen) atoms. The Kier molecular flexibility index (Phi) is 4.13. The normalized spacial score (nSPS) is 14.2. The molecule has 0 aromatic heterocycles. The van der Waals surface area contributed by atoms with E-state index in [1.54, 1.807) is 13.2 Å². The van der Waals surface area contributed by atoms with Gasteiger partial charge in [-0.3, -0.25) is 0 Å². The first-order valence-corrected chi connectivity index (χ1v) is 7.41. The topological polar surface area (TPSA) is 21.3 Å². The van der Waals surface area contributed by atoms with E-state index in [1.165, 1.54) is 18.9 Å². The molecule has 0 atom stereocenters. The number of hydrogen-bond donors (Lipinski definition) is 1. The lowest BCUT2D eigenvalue weighted by molar-refractivity contribution is 0.415. The van der Waals surface area contributed by atoms with Gasteiger partial charge in [-0.2, -0.15) is 0 Å². The van der Waals surface area contributed by atoms with Crippen LogP contribution in [0.1, 0.15) is 18.4 Å². The molecule has 0 spiro atoms. The molecule has 4 heteroatoms. The molecule has 2 nitrogen and oxygen atoms in total. The van der Waals surface area contributed by atoms with E-state index in [0.29, 0.717) is 28.9 Å². The third-order valence-electron chi connectivity index (χ3n) is 3.69. The summed E-state index contributed by atoms with van der Waals surface area (Å²) in [6.07, 6.45) is 2.38. The zero-order valence-corrected chi connectivity index (χ0v) is 12.6. The standard InChI is InChI=1S/C17H17ClFNO/c1-21-17-7-3-12(9-15(17)18)11-2-6-16(19)13(8-11)10-20-14-4-5-14/h2-3,6-9,14,20H,4-5,10H2,1H3. The molecular weight excluding hydrogens is 289 g/mol. The lowest BCUT2D eigenvalue weighted by atomic mass is 10.0. The fourth-order valence-corrected chi connectivity index (χ4v) is 2.54. The van der Waals surface area contributed by atoms with Gasteiger partial charge in [0.2, 0.25) is 0 Å². The van der Waals surface area contributed by atoms with E-state index in [9.17, 15) is 4.39 Å². The van der Waals surface area contributed by atoms with Crippen LogP contribution >= 0.6 is 11.6 Å². The van der Waals surface area contributed by atoms with Crippen LogP contribution in [0.4, 0.5) is 4.39 Å². The minimum absolute atomic E-state index is 0.175. The molecular formula is C17H17ClFNO. The average molecular weight is 306 g/mol. The molecule has 0 bridgehead atoms. The van der Waals surface area contributed by atoms with Gasteiger partial charge < -0.3 is 10.1 Å². The fourth-order valence-electron chi connectivity index (χ4n) is 2.28. The van der Waals surface area contributed by atoms with Crippen molar-refractivity contribution < 1.29 is 9.13 Å². The van der Waals surface area contributed by atoms with Gasteiger partial charge in [-0.1, -0.05) is 23.7 Å². The summed E-state index contributed by atoms with van der Waals surface area (Å²) in [4.78, 5) is 0. The van der Waals surface area contributed by atoms with Gasteiger partial charge in [0.05, 0.1) is 12.1 Å². The van der Waals surface area contributed by atoms with Crippen molar-refractivity contribution in [2.75, 3.05) is 7.11 Å². The zero-order valence-electron chi connectivity index (χ0n) is 11.8. The van der Waals surface area contributed by atoms with Gasteiger partial charge in [0, 0.05) is 18.2 Å². The van der Waals surface area contributed by atoms with Crippen LogP contribution in [0.15, 0.2) is 36.4 Å². The van der Waals surface area contributed by atoms with Gasteiger partial charge >= 0.3 is 0 Å². The van der Waals surface area contributed by atoms with E-state index in [-0.39, 0.29) is 5.82 Å². The van der Waals surface area contributed by atoms with Crippen LogP contribution in [0, 0.1) is 5.82 Å². The Balaban J connectivity index is 1.86. The summed E-state index contributed by atoms with van der Waals surface area (Å²) in [5, 5.41) is 3.89. The van der Waals surface area contributed by atoms with Crippen LogP contribution in [-0.2, 0) is 6.54 Å². The minimum atomic E-state index is -0.175.